The van der Waals surface area contributed by atoms with E-state index < -0.39 is 11.7 Å². The monoisotopic (exact) mass is 379 g/mol. The molecule has 0 aromatic heterocycles. The highest BCUT2D eigenvalue weighted by molar-refractivity contribution is 7.98. The Morgan fingerprint density at radius 3 is 2.48 bits per heavy atom. The Morgan fingerprint density at radius 2 is 1.88 bits per heavy atom. The van der Waals surface area contributed by atoms with Crippen LogP contribution in [0.4, 0.5) is 10.5 Å². The zero-order chi connectivity index (χ0) is 18.4. The van der Waals surface area contributed by atoms with Crippen molar-refractivity contribution in [3.63, 3.8) is 0 Å². The minimum absolute atomic E-state index is 0.428. The molecule has 0 radical (unpaired) electrons. The third-order valence-corrected chi connectivity index (χ3v) is 4.55. The Hall–Kier alpha value is -1.85. The maximum atomic E-state index is 12.1. The van der Waals surface area contributed by atoms with Gasteiger partial charge in [-0.25, -0.2) is 4.79 Å². The Bertz CT molecular complexity index is 729. The summed E-state index contributed by atoms with van der Waals surface area (Å²) >= 11 is 7.80. The lowest BCUT2D eigenvalue weighted by molar-refractivity contribution is 0.0635. The molecule has 0 aliphatic rings. The van der Waals surface area contributed by atoms with Crippen molar-refractivity contribution >= 4 is 35.1 Å². The first-order chi connectivity index (χ1) is 11.8. The minimum atomic E-state index is -0.572. The summed E-state index contributed by atoms with van der Waals surface area (Å²) in [7, 11) is 1.56. The van der Waals surface area contributed by atoms with Gasteiger partial charge in [-0.3, -0.25) is 5.32 Å². The van der Waals surface area contributed by atoms with Gasteiger partial charge in [0.25, 0.3) is 0 Å². The van der Waals surface area contributed by atoms with Crippen molar-refractivity contribution in [2.24, 2.45) is 0 Å². The van der Waals surface area contributed by atoms with Crippen molar-refractivity contribution in [1.29, 1.82) is 0 Å². The molecule has 1 amide bonds. The average Bonchev–Trinajstić information content (AvgIpc) is 2.53. The van der Waals surface area contributed by atoms with Crippen molar-refractivity contribution in [3.05, 3.63) is 53.1 Å². The molecule has 0 aliphatic carbocycles. The fourth-order valence-corrected chi connectivity index (χ4v) is 3.27. The van der Waals surface area contributed by atoms with Crippen LogP contribution in [0.5, 0.6) is 5.75 Å². The van der Waals surface area contributed by atoms with Crippen LogP contribution in [0.15, 0.2) is 47.4 Å². The molecule has 0 saturated carbocycles. The van der Waals surface area contributed by atoms with Crippen LogP contribution in [-0.2, 0) is 10.5 Å². The first-order valence-corrected chi connectivity index (χ1v) is 9.19. The number of thioether (sulfide) groups is 1. The topological polar surface area (TPSA) is 47.6 Å². The van der Waals surface area contributed by atoms with Gasteiger partial charge in [-0.05, 0) is 38.5 Å². The van der Waals surface area contributed by atoms with Gasteiger partial charge >= 0.3 is 6.09 Å². The number of rotatable bonds is 5. The van der Waals surface area contributed by atoms with Gasteiger partial charge in [0.2, 0.25) is 0 Å². The molecule has 0 heterocycles. The van der Waals surface area contributed by atoms with Crippen LogP contribution in [0.1, 0.15) is 26.3 Å². The Morgan fingerprint density at radius 1 is 1.20 bits per heavy atom. The quantitative estimate of drug-likeness (QED) is 0.648. The van der Waals surface area contributed by atoms with Gasteiger partial charge in [0, 0.05) is 10.6 Å². The molecule has 0 atom stereocenters. The molecule has 2 rings (SSSR count). The zero-order valence-electron chi connectivity index (χ0n) is 14.8. The second kappa shape index (κ2) is 8.50. The van der Waals surface area contributed by atoms with Gasteiger partial charge in [0.15, 0.2) is 0 Å². The summed E-state index contributed by atoms with van der Waals surface area (Å²) in [6.45, 7) is 5.45. The highest BCUT2D eigenvalue weighted by Gasteiger charge is 2.18. The summed E-state index contributed by atoms with van der Waals surface area (Å²) in [4.78, 5) is 13.0. The van der Waals surface area contributed by atoms with Gasteiger partial charge < -0.3 is 9.47 Å². The summed E-state index contributed by atoms with van der Waals surface area (Å²) in [6, 6.07) is 13.6. The molecule has 6 heteroatoms. The SMILES string of the molecule is COc1cc(SCc2ccccc2)c(NC(=O)OC(C)(C)C)cc1Cl. The van der Waals surface area contributed by atoms with E-state index in [1.165, 1.54) is 5.56 Å². The first kappa shape index (κ1) is 19.5. The molecule has 2 aromatic carbocycles. The molecular weight excluding hydrogens is 358 g/mol. The third kappa shape index (κ3) is 6.18. The number of amides is 1. The van der Waals surface area contributed by atoms with E-state index in [0.717, 1.165) is 10.6 Å². The summed E-state index contributed by atoms with van der Waals surface area (Å²) in [5.41, 5.74) is 1.21. The number of carbonyl (C=O) groups is 1. The highest BCUT2D eigenvalue weighted by Crippen LogP contribution is 2.38. The van der Waals surface area contributed by atoms with Crippen LogP contribution in [0.25, 0.3) is 0 Å². The highest BCUT2D eigenvalue weighted by atomic mass is 35.5. The van der Waals surface area contributed by atoms with E-state index in [0.29, 0.717) is 16.5 Å². The first-order valence-electron chi connectivity index (χ1n) is 7.83. The van der Waals surface area contributed by atoms with Gasteiger partial charge in [0.05, 0.1) is 17.8 Å². The summed E-state index contributed by atoms with van der Waals surface area (Å²) < 4.78 is 10.6. The molecule has 0 aliphatic heterocycles. The molecular formula is C19H22ClNO3S. The standard InChI is InChI=1S/C19H22ClNO3S/c1-19(2,3)24-18(22)21-15-10-14(20)16(23-4)11-17(15)25-12-13-8-6-5-7-9-13/h5-11H,12H2,1-4H3,(H,21,22). The number of nitrogens with one attached hydrogen (secondary N) is 1. The van der Waals surface area contributed by atoms with Crippen LogP contribution < -0.4 is 10.1 Å². The molecule has 0 bridgehead atoms. The average molecular weight is 380 g/mol. The molecule has 1 N–H and O–H groups in total. The van der Waals surface area contributed by atoms with Gasteiger partial charge in [-0.1, -0.05) is 41.9 Å². The fraction of sp³-hybridized carbons (Fsp3) is 0.316. The van der Waals surface area contributed by atoms with E-state index in [9.17, 15) is 4.79 Å². The number of hydrogen-bond donors (Lipinski definition) is 1. The molecule has 25 heavy (non-hydrogen) atoms. The number of methoxy groups -OCH3 is 1. The lowest BCUT2D eigenvalue weighted by Gasteiger charge is -2.21. The second-order valence-electron chi connectivity index (χ2n) is 6.38. The van der Waals surface area contributed by atoms with Crippen molar-refractivity contribution in [2.45, 2.75) is 37.0 Å². The van der Waals surface area contributed by atoms with Gasteiger partial charge in [-0.15, -0.1) is 11.8 Å². The minimum Gasteiger partial charge on any atom is -0.495 e. The third-order valence-electron chi connectivity index (χ3n) is 3.13. The zero-order valence-corrected chi connectivity index (χ0v) is 16.3. The Labute approximate surface area is 157 Å². The van der Waals surface area contributed by atoms with Crippen molar-refractivity contribution in [1.82, 2.24) is 0 Å². The van der Waals surface area contributed by atoms with Gasteiger partial charge in [0.1, 0.15) is 11.4 Å². The molecule has 0 fully saturated rings. The molecule has 134 valence electrons. The number of ether oxygens (including phenoxy) is 2. The number of benzene rings is 2. The predicted molar refractivity (Wildman–Crippen MR) is 104 cm³/mol. The number of anilines is 1. The van der Waals surface area contributed by atoms with E-state index in [4.69, 9.17) is 21.1 Å². The molecule has 4 nitrogen and oxygen atoms in total. The lowest BCUT2D eigenvalue weighted by Crippen LogP contribution is -2.27. The van der Waals surface area contributed by atoms with E-state index in [-0.39, 0.29) is 0 Å². The number of hydrogen-bond acceptors (Lipinski definition) is 4. The van der Waals surface area contributed by atoms with Crippen LogP contribution in [0.2, 0.25) is 5.02 Å². The molecule has 0 spiro atoms. The van der Waals surface area contributed by atoms with Crippen LogP contribution in [-0.4, -0.2) is 18.8 Å². The Kier molecular flexibility index (Phi) is 6.62. The Balaban J connectivity index is 2.21. The van der Waals surface area contributed by atoms with Crippen LogP contribution >= 0.6 is 23.4 Å². The fourth-order valence-electron chi connectivity index (χ4n) is 2.06. The smallest absolute Gasteiger partial charge is 0.412 e. The molecule has 2 aromatic rings. The largest absolute Gasteiger partial charge is 0.495 e. The van der Waals surface area contributed by atoms with Crippen molar-refractivity contribution in [2.75, 3.05) is 12.4 Å². The van der Waals surface area contributed by atoms with E-state index in [2.05, 4.69) is 17.4 Å². The van der Waals surface area contributed by atoms with E-state index >= 15 is 0 Å². The number of halogens is 1. The van der Waals surface area contributed by atoms with Crippen molar-refractivity contribution in [3.8, 4) is 5.75 Å². The number of carbonyl (C=O) groups excluding carboxylic acids is 1. The molecule has 0 unspecified atom stereocenters. The summed E-state index contributed by atoms with van der Waals surface area (Å²) in [5, 5.41) is 3.20. The van der Waals surface area contributed by atoms with Crippen LogP contribution in [0, 0.1) is 0 Å². The van der Waals surface area contributed by atoms with E-state index in [1.807, 2.05) is 45.0 Å². The van der Waals surface area contributed by atoms with Gasteiger partial charge in [-0.2, -0.15) is 0 Å². The maximum Gasteiger partial charge on any atom is 0.412 e. The second-order valence-corrected chi connectivity index (χ2v) is 7.81. The lowest BCUT2D eigenvalue weighted by atomic mass is 10.2. The maximum absolute atomic E-state index is 12.1. The van der Waals surface area contributed by atoms with Crippen molar-refractivity contribution < 1.29 is 14.3 Å². The summed E-state index contributed by atoms with van der Waals surface area (Å²) in [6.07, 6.45) is -0.518. The van der Waals surface area contributed by atoms with Crippen LogP contribution in [0.3, 0.4) is 0 Å². The summed E-state index contributed by atoms with van der Waals surface area (Å²) in [5.74, 6) is 1.32. The van der Waals surface area contributed by atoms with E-state index in [1.54, 1.807) is 24.9 Å². The predicted octanol–water partition coefficient (Wildman–Crippen LogP) is 5.99. The molecule has 0 saturated heterocycles. The normalized spacial score (nSPS) is 11.1.